The molecule has 144 valence electrons. The molecule has 1 N–H and O–H groups in total. The molecule has 2 aliphatic carbocycles. The summed E-state index contributed by atoms with van der Waals surface area (Å²) in [6.45, 7) is 0. The Morgan fingerprint density at radius 3 is 1.60 bits per heavy atom. The number of fused-ring (bicyclic) bond motifs is 2. The molecule has 0 amide bonds. The fourth-order valence-electron chi connectivity index (χ4n) is 7.49. The third-order valence-corrected chi connectivity index (χ3v) is 9.17. The second kappa shape index (κ2) is 7.15. The second-order valence-corrected chi connectivity index (χ2v) is 10.7. The van der Waals surface area contributed by atoms with Gasteiger partial charge >= 0.3 is 0 Å². The van der Waals surface area contributed by atoms with Crippen LogP contribution in [0.5, 0.6) is 0 Å². The third kappa shape index (κ3) is 3.43. The number of hydrogen-bond donors (Lipinski definition) is 1. The van der Waals surface area contributed by atoms with Crippen LogP contribution in [-0.2, 0) is 0 Å². The van der Waals surface area contributed by atoms with E-state index >= 15 is 0 Å². The first-order valence-corrected chi connectivity index (χ1v) is 11.6. The molecule has 2 aliphatic heterocycles. The van der Waals surface area contributed by atoms with Crippen molar-refractivity contribution in [3.8, 4) is 0 Å². The second-order valence-electron chi connectivity index (χ2n) is 10.7. The van der Waals surface area contributed by atoms with Gasteiger partial charge in [0, 0.05) is 25.7 Å². The number of nitrogens with zero attached hydrogens (tertiary/aromatic N) is 1. The predicted molar refractivity (Wildman–Crippen MR) is 104 cm³/mol. The summed E-state index contributed by atoms with van der Waals surface area (Å²) in [7, 11) is 4.93. The molecule has 2 saturated carbocycles. The molecule has 0 unspecified atom stereocenters. The molecule has 4 rings (SSSR count). The summed E-state index contributed by atoms with van der Waals surface area (Å²) in [5, 5.41) is 12.1. The standard InChI is InChI=1S/C23H42NO/c1-24(2)21-13-14-22(24)16-18(15-21)17-23(25,19-9-5-3-6-10-19)20-11-7-4-8-12-20/h18-22,25H,3-17H2,1-2H3/q+1/t21-,22-/m0/s1. The lowest BCUT2D eigenvalue weighted by Gasteiger charge is -2.50. The van der Waals surface area contributed by atoms with Crippen LogP contribution in [0.25, 0.3) is 0 Å². The minimum atomic E-state index is -0.334. The van der Waals surface area contributed by atoms with E-state index in [0.717, 1.165) is 24.4 Å². The Kier molecular flexibility index (Phi) is 5.23. The van der Waals surface area contributed by atoms with Gasteiger partial charge in [-0.1, -0.05) is 38.5 Å². The maximum Gasteiger partial charge on any atom is 0.0893 e. The number of aliphatic hydroxyl groups is 1. The molecule has 0 spiro atoms. The van der Waals surface area contributed by atoms with Gasteiger partial charge in [-0.05, 0) is 49.9 Å². The van der Waals surface area contributed by atoms with Crippen LogP contribution in [0.1, 0.15) is 96.3 Å². The van der Waals surface area contributed by atoms with E-state index in [-0.39, 0.29) is 5.60 Å². The van der Waals surface area contributed by atoms with Gasteiger partial charge in [0.15, 0.2) is 0 Å². The minimum Gasteiger partial charge on any atom is -0.389 e. The molecule has 0 aromatic heterocycles. The summed E-state index contributed by atoms with van der Waals surface area (Å²) in [5.41, 5.74) is -0.334. The van der Waals surface area contributed by atoms with E-state index in [9.17, 15) is 5.11 Å². The van der Waals surface area contributed by atoms with Crippen molar-refractivity contribution < 1.29 is 9.59 Å². The molecule has 2 saturated heterocycles. The molecule has 4 fully saturated rings. The fourth-order valence-corrected chi connectivity index (χ4v) is 7.49. The molecule has 2 heterocycles. The van der Waals surface area contributed by atoms with Gasteiger partial charge in [0.25, 0.3) is 0 Å². The Labute approximate surface area is 156 Å². The molecule has 0 aromatic carbocycles. The summed E-state index contributed by atoms with van der Waals surface area (Å²) >= 11 is 0. The van der Waals surface area contributed by atoms with Crippen LogP contribution in [0.2, 0.25) is 0 Å². The summed E-state index contributed by atoms with van der Waals surface area (Å²) in [6, 6.07) is 1.73. The molecule has 0 radical (unpaired) electrons. The average molecular weight is 349 g/mol. The SMILES string of the molecule is C[N+]1(C)[C@H]2CC[C@H]1CC(CC(O)(C1CCCCC1)C1CCCCC1)C2. The molecule has 2 heteroatoms. The highest BCUT2D eigenvalue weighted by Crippen LogP contribution is 2.50. The first-order valence-electron chi connectivity index (χ1n) is 11.6. The average Bonchev–Trinajstić information content (AvgIpc) is 2.80. The maximum atomic E-state index is 12.1. The molecule has 2 bridgehead atoms. The van der Waals surface area contributed by atoms with Crippen molar-refractivity contribution in [1.82, 2.24) is 0 Å². The number of hydrogen-bond acceptors (Lipinski definition) is 1. The molecule has 25 heavy (non-hydrogen) atoms. The van der Waals surface area contributed by atoms with Gasteiger partial charge in [-0.15, -0.1) is 0 Å². The monoisotopic (exact) mass is 348 g/mol. The van der Waals surface area contributed by atoms with Gasteiger partial charge in [-0.3, -0.25) is 0 Å². The van der Waals surface area contributed by atoms with Crippen LogP contribution in [0.3, 0.4) is 0 Å². The quantitative estimate of drug-likeness (QED) is 0.685. The van der Waals surface area contributed by atoms with Crippen molar-refractivity contribution in [1.29, 1.82) is 0 Å². The van der Waals surface area contributed by atoms with Gasteiger partial charge in [0.1, 0.15) is 0 Å². The van der Waals surface area contributed by atoms with E-state index in [1.807, 2.05) is 0 Å². The van der Waals surface area contributed by atoms with Crippen LogP contribution in [0, 0.1) is 17.8 Å². The molecule has 2 atom stereocenters. The first-order chi connectivity index (χ1) is 12.0. The Bertz CT molecular complexity index is 413. The highest BCUT2D eigenvalue weighted by Gasteiger charge is 2.52. The van der Waals surface area contributed by atoms with Crippen LogP contribution in [0.15, 0.2) is 0 Å². The predicted octanol–water partition coefficient (Wildman–Crippen LogP) is 5.29. The van der Waals surface area contributed by atoms with E-state index in [2.05, 4.69) is 14.1 Å². The van der Waals surface area contributed by atoms with Crippen molar-refractivity contribution >= 4 is 0 Å². The lowest BCUT2D eigenvalue weighted by molar-refractivity contribution is -0.931. The largest absolute Gasteiger partial charge is 0.389 e. The summed E-state index contributed by atoms with van der Waals surface area (Å²) < 4.78 is 1.27. The highest BCUT2D eigenvalue weighted by molar-refractivity contribution is 4.98. The lowest BCUT2D eigenvalue weighted by atomic mass is 9.62. The van der Waals surface area contributed by atoms with Crippen molar-refractivity contribution in [3.05, 3.63) is 0 Å². The van der Waals surface area contributed by atoms with Crippen molar-refractivity contribution in [3.63, 3.8) is 0 Å². The topological polar surface area (TPSA) is 20.2 Å². The third-order valence-electron chi connectivity index (χ3n) is 9.17. The van der Waals surface area contributed by atoms with Gasteiger partial charge in [-0.25, -0.2) is 0 Å². The minimum absolute atomic E-state index is 0.334. The number of quaternary nitrogens is 1. The summed E-state index contributed by atoms with van der Waals surface area (Å²) in [4.78, 5) is 0. The highest BCUT2D eigenvalue weighted by atomic mass is 16.3. The zero-order valence-corrected chi connectivity index (χ0v) is 16.9. The van der Waals surface area contributed by atoms with E-state index in [0.29, 0.717) is 11.8 Å². The zero-order chi connectivity index (χ0) is 17.5. The Balaban J connectivity index is 1.50. The smallest absolute Gasteiger partial charge is 0.0893 e. The van der Waals surface area contributed by atoms with Crippen LogP contribution < -0.4 is 0 Å². The zero-order valence-electron chi connectivity index (χ0n) is 16.9. The normalized spacial score (nSPS) is 37.3. The van der Waals surface area contributed by atoms with Crippen LogP contribution in [-0.4, -0.2) is 41.4 Å². The van der Waals surface area contributed by atoms with E-state index in [4.69, 9.17) is 0 Å². The van der Waals surface area contributed by atoms with Crippen molar-refractivity contribution in [2.24, 2.45) is 17.8 Å². The van der Waals surface area contributed by atoms with E-state index < -0.39 is 0 Å². The van der Waals surface area contributed by atoms with Gasteiger partial charge in [0.2, 0.25) is 0 Å². The molecule has 4 aliphatic rings. The molecule has 2 nitrogen and oxygen atoms in total. The van der Waals surface area contributed by atoms with Crippen LogP contribution >= 0.6 is 0 Å². The van der Waals surface area contributed by atoms with Crippen LogP contribution in [0.4, 0.5) is 0 Å². The lowest BCUT2D eigenvalue weighted by Crippen LogP contribution is -2.56. The van der Waals surface area contributed by atoms with Gasteiger partial charge < -0.3 is 9.59 Å². The van der Waals surface area contributed by atoms with Crippen molar-refractivity contribution in [2.45, 2.75) is 114 Å². The summed E-state index contributed by atoms with van der Waals surface area (Å²) in [5.74, 6) is 2.00. The molecular formula is C23H42NO+. The van der Waals surface area contributed by atoms with E-state index in [1.165, 1.54) is 94.4 Å². The maximum absolute atomic E-state index is 12.1. The molecule has 0 aromatic rings. The summed E-state index contributed by atoms with van der Waals surface area (Å²) in [6.07, 6.45) is 20.2. The molecular weight excluding hydrogens is 306 g/mol. The Morgan fingerprint density at radius 2 is 1.16 bits per heavy atom. The number of piperidine rings is 1. The van der Waals surface area contributed by atoms with Gasteiger partial charge in [0.05, 0.1) is 31.8 Å². The fraction of sp³-hybridized carbons (Fsp3) is 1.00. The Morgan fingerprint density at radius 1 is 0.720 bits per heavy atom. The van der Waals surface area contributed by atoms with Crippen molar-refractivity contribution in [2.75, 3.05) is 14.1 Å². The van der Waals surface area contributed by atoms with E-state index in [1.54, 1.807) is 0 Å². The first kappa shape index (κ1) is 18.3. The number of rotatable bonds is 4. The van der Waals surface area contributed by atoms with Gasteiger partial charge in [-0.2, -0.15) is 0 Å². The Hall–Kier alpha value is -0.0800.